The smallest absolute Gasteiger partial charge is 0.373 e. The Morgan fingerprint density at radius 3 is 2.67 bits per heavy atom. The first-order chi connectivity index (χ1) is 17.3. The lowest BCUT2D eigenvalue weighted by Gasteiger charge is -2.15. The third kappa shape index (κ3) is 5.44. The van der Waals surface area contributed by atoms with Crippen molar-refractivity contribution in [1.82, 2.24) is 10.2 Å². The van der Waals surface area contributed by atoms with Crippen LogP contribution in [-0.2, 0) is 22.7 Å². The molecule has 3 amide bonds. The molecule has 10 heteroatoms. The summed E-state index contributed by atoms with van der Waals surface area (Å²) in [5.74, 6) is -0.0915. The highest BCUT2D eigenvalue weighted by Gasteiger charge is 2.34. The van der Waals surface area contributed by atoms with E-state index in [1.54, 1.807) is 12.1 Å². The maximum absolute atomic E-state index is 13.0. The Hall–Kier alpha value is -4.05. The van der Waals surface area contributed by atoms with Gasteiger partial charge in [0.15, 0.2) is 11.5 Å². The highest BCUT2D eigenvalue weighted by atomic mass is 79.9. The molecule has 9 nitrogen and oxygen atoms in total. The first kappa shape index (κ1) is 25.1. The molecule has 2 heterocycles. The summed E-state index contributed by atoms with van der Waals surface area (Å²) >= 11 is 3.45. The SMILES string of the molecule is COC(=O)c1ccc(CN2C(=O)N/C(=C\c3cc(Br)cc(OC)c3OCc3cccc(C)c3)C2=O)o1. The Balaban J connectivity index is 1.59. The van der Waals surface area contributed by atoms with Crippen LogP contribution in [0.5, 0.6) is 11.5 Å². The third-order valence-electron chi connectivity index (χ3n) is 5.36. The van der Waals surface area contributed by atoms with Crippen LogP contribution in [0.1, 0.15) is 33.0 Å². The van der Waals surface area contributed by atoms with E-state index in [-0.39, 0.29) is 30.4 Å². The van der Waals surface area contributed by atoms with E-state index >= 15 is 0 Å². The molecule has 0 bridgehead atoms. The molecule has 0 radical (unpaired) electrons. The Morgan fingerprint density at radius 2 is 1.94 bits per heavy atom. The molecular weight excluding hydrogens is 532 g/mol. The van der Waals surface area contributed by atoms with Gasteiger partial charge in [0.2, 0.25) is 5.76 Å². The minimum atomic E-state index is -0.652. The standard InChI is InChI=1S/C26H23BrN2O7/c1-15-5-4-6-16(9-15)14-35-23-17(10-18(27)12-22(23)33-2)11-20-24(30)29(26(32)28-20)13-19-7-8-21(36-19)25(31)34-3/h4-12H,13-14H2,1-3H3,(H,28,32)/b20-11-. The minimum absolute atomic E-state index is 0.0213. The molecule has 186 valence electrons. The van der Waals surface area contributed by atoms with Crippen LogP contribution in [0.3, 0.4) is 0 Å². The van der Waals surface area contributed by atoms with Crippen molar-refractivity contribution in [1.29, 1.82) is 0 Å². The number of rotatable bonds is 8. The second-order valence-corrected chi connectivity index (χ2v) is 8.86. The molecule has 1 aliphatic heterocycles. The molecule has 36 heavy (non-hydrogen) atoms. The van der Waals surface area contributed by atoms with Crippen LogP contribution in [0.25, 0.3) is 6.08 Å². The number of esters is 1. The highest BCUT2D eigenvalue weighted by molar-refractivity contribution is 9.10. The molecule has 1 fully saturated rings. The van der Waals surface area contributed by atoms with Crippen molar-refractivity contribution in [3.8, 4) is 11.5 Å². The number of nitrogens with one attached hydrogen (secondary N) is 1. The number of furan rings is 1. The van der Waals surface area contributed by atoms with E-state index in [0.29, 0.717) is 21.5 Å². The first-order valence-electron chi connectivity index (χ1n) is 10.9. The fourth-order valence-electron chi connectivity index (χ4n) is 3.66. The number of aryl methyl sites for hydroxylation is 1. The molecule has 0 atom stereocenters. The maximum atomic E-state index is 13.0. The molecule has 1 saturated heterocycles. The van der Waals surface area contributed by atoms with Gasteiger partial charge in [0.1, 0.15) is 18.1 Å². The number of carbonyl (C=O) groups is 3. The van der Waals surface area contributed by atoms with Gasteiger partial charge in [0, 0.05) is 10.0 Å². The predicted octanol–water partition coefficient (Wildman–Crippen LogP) is 4.82. The van der Waals surface area contributed by atoms with Crippen molar-refractivity contribution >= 4 is 39.9 Å². The molecule has 0 saturated carbocycles. The zero-order valence-corrected chi connectivity index (χ0v) is 21.4. The van der Waals surface area contributed by atoms with Crippen LogP contribution >= 0.6 is 15.9 Å². The number of nitrogens with zero attached hydrogens (tertiary/aromatic N) is 1. The normalized spacial score (nSPS) is 14.2. The van der Waals surface area contributed by atoms with Gasteiger partial charge >= 0.3 is 12.0 Å². The number of benzene rings is 2. The number of halogens is 1. The molecular formula is C26H23BrN2O7. The zero-order chi connectivity index (χ0) is 25.8. The third-order valence-corrected chi connectivity index (χ3v) is 5.82. The van der Waals surface area contributed by atoms with Crippen LogP contribution in [-0.4, -0.2) is 37.0 Å². The maximum Gasteiger partial charge on any atom is 0.373 e. The summed E-state index contributed by atoms with van der Waals surface area (Å²) in [5.41, 5.74) is 2.67. The number of carbonyl (C=O) groups excluding carboxylic acids is 3. The zero-order valence-electron chi connectivity index (χ0n) is 19.8. The van der Waals surface area contributed by atoms with E-state index in [1.165, 1.54) is 32.4 Å². The summed E-state index contributed by atoms with van der Waals surface area (Å²) in [5, 5.41) is 2.58. The Bertz CT molecular complexity index is 1360. The van der Waals surface area contributed by atoms with Gasteiger partial charge in [0.25, 0.3) is 5.91 Å². The largest absolute Gasteiger partial charge is 0.493 e. The number of hydrogen-bond donors (Lipinski definition) is 1. The van der Waals surface area contributed by atoms with Gasteiger partial charge in [-0.2, -0.15) is 0 Å². The van der Waals surface area contributed by atoms with E-state index in [1.807, 2.05) is 31.2 Å². The Kier molecular flexibility index (Phi) is 7.44. The molecule has 2 aromatic carbocycles. The lowest BCUT2D eigenvalue weighted by molar-refractivity contribution is -0.123. The minimum Gasteiger partial charge on any atom is -0.493 e. The van der Waals surface area contributed by atoms with Crippen molar-refractivity contribution < 1.29 is 33.0 Å². The number of methoxy groups -OCH3 is 2. The Labute approximate surface area is 215 Å². The van der Waals surface area contributed by atoms with Gasteiger partial charge in [-0.3, -0.25) is 9.69 Å². The number of ether oxygens (including phenoxy) is 3. The van der Waals surface area contributed by atoms with Crippen molar-refractivity contribution in [2.75, 3.05) is 14.2 Å². The van der Waals surface area contributed by atoms with Gasteiger partial charge in [-0.05, 0) is 42.8 Å². The first-order valence-corrected chi connectivity index (χ1v) is 11.7. The quantitative estimate of drug-likeness (QED) is 0.241. The highest BCUT2D eigenvalue weighted by Crippen LogP contribution is 2.37. The summed E-state index contributed by atoms with van der Waals surface area (Å²) in [7, 11) is 2.75. The number of urea groups is 1. The van der Waals surface area contributed by atoms with Crippen molar-refractivity contribution in [3.63, 3.8) is 0 Å². The molecule has 1 N–H and O–H groups in total. The van der Waals surface area contributed by atoms with E-state index in [0.717, 1.165) is 16.0 Å². The summed E-state index contributed by atoms with van der Waals surface area (Å²) in [4.78, 5) is 38.2. The summed E-state index contributed by atoms with van der Waals surface area (Å²) in [6.45, 7) is 2.12. The number of imide groups is 1. The van der Waals surface area contributed by atoms with Crippen LogP contribution in [0.2, 0.25) is 0 Å². The van der Waals surface area contributed by atoms with E-state index in [2.05, 4.69) is 26.0 Å². The molecule has 0 unspecified atom stereocenters. The molecule has 1 aliphatic rings. The molecule has 0 aliphatic carbocycles. The molecule has 0 spiro atoms. The second-order valence-electron chi connectivity index (χ2n) is 7.94. The van der Waals surface area contributed by atoms with Gasteiger partial charge in [-0.15, -0.1) is 0 Å². The van der Waals surface area contributed by atoms with Gasteiger partial charge in [-0.1, -0.05) is 45.8 Å². The fraction of sp³-hybridized carbons (Fsp3) is 0.192. The number of amides is 3. The Morgan fingerprint density at radius 1 is 1.14 bits per heavy atom. The molecule has 1 aromatic heterocycles. The van der Waals surface area contributed by atoms with Crippen LogP contribution < -0.4 is 14.8 Å². The lowest BCUT2D eigenvalue weighted by atomic mass is 10.1. The summed E-state index contributed by atoms with van der Waals surface area (Å²) in [6.07, 6.45) is 1.53. The van der Waals surface area contributed by atoms with E-state index < -0.39 is 17.9 Å². The van der Waals surface area contributed by atoms with Crippen molar-refractivity contribution in [3.05, 3.63) is 86.9 Å². The molecule has 4 rings (SSSR count). The predicted molar refractivity (Wildman–Crippen MR) is 133 cm³/mol. The molecule has 3 aromatic rings. The lowest BCUT2D eigenvalue weighted by Crippen LogP contribution is -2.30. The van der Waals surface area contributed by atoms with Gasteiger partial charge < -0.3 is 23.9 Å². The van der Waals surface area contributed by atoms with E-state index in [4.69, 9.17) is 13.9 Å². The second kappa shape index (κ2) is 10.7. The van der Waals surface area contributed by atoms with Gasteiger partial charge in [-0.25, -0.2) is 9.59 Å². The number of hydrogen-bond acceptors (Lipinski definition) is 7. The van der Waals surface area contributed by atoms with Crippen LogP contribution in [0.15, 0.2) is 63.1 Å². The van der Waals surface area contributed by atoms with Gasteiger partial charge in [0.05, 0.1) is 20.8 Å². The van der Waals surface area contributed by atoms with E-state index in [9.17, 15) is 14.4 Å². The summed E-state index contributed by atoms with van der Waals surface area (Å²) in [6, 6.07) is 13.7. The average molecular weight is 555 g/mol. The monoisotopic (exact) mass is 554 g/mol. The average Bonchev–Trinajstić information content (AvgIpc) is 3.43. The fourth-order valence-corrected chi connectivity index (χ4v) is 4.11. The van der Waals surface area contributed by atoms with Crippen molar-refractivity contribution in [2.45, 2.75) is 20.1 Å². The van der Waals surface area contributed by atoms with Crippen molar-refractivity contribution in [2.24, 2.45) is 0 Å². The van der Waals surface area contributed by atoms with Crippen LogP contribution in [0.4, 0.5) is 4.79 Å². The van der Waals surface area contributed by atoms with Crippen LogP contribution in [0, 0.1) is 6.92 Å². The summed E-state index contributed by atoms with van der Waals surface area (Å²) < 4.78 is 22.3. The topological polar surface area (TPSA) is 107 Å².